The maximum atomic E-state index is 12.5. The molecule has 0 saturated heterocycles. The molecule has 0 aliphatic heterocycles. The van der Waals surface area contributed by atoms with Crippen LogP contribution in [0, 0.1) is 0 Å². The smallest absolute Gasteiger partial charge is 0.397 e. The SMILES string of the molecule is Nc1cc(C(F)(F)F)ccc1NS(=O)(=O)c1ccccc1. The van der Waals surface area contributed by atoms with Crippen LogP contribution in [0.1, 0.15) is 5.56 Å². The van der Waals surface area contributed by atoms with Gasteiger partial charge in [-0.05, 0) is 30.3 Å². The maximum absolute atomic E-state index is 12.5. The summed E-state index contributed by atoms with van der Waals surface area (Å²) in [5.74, 6) is 0. The summed E-state index contributed by atoms with van der Waals surface area (Å²) in [5, 5.41) is 0. The van der Waals surface area contributed by atoms with Crippen LogP contribution in [0.5, 0.6) is 0 Å². The Bertz CT molecular complexity index is 744. The minimum Gasteiger partial charge on any atom is -0.397 e. The third-order valence-electron chi connectivity index (χ3n) is 2.68. The molecule has 0 saturated carbocycles. The van der Waals surface area contributed by atoms with Crippen LogP contribution < -0.4 is 10.5 Å². The minimum absolute atomic E-state index is 0.00991. The molecule has 0 heterocycles. The number of halogens is 3. The lowest BCUT2D eigenvalue weighted by Gasteiger charge is -2.13. The quantitative estimate of drug-likeness (QED) is 0.855. The van der Waals surface area contributed by atoms with Gasteiger partial charge in [0, 0.05) is 0 Å². The number of benzene rings is 2. The van der Waals surface area contributed by atoms with Gasteiger partial charge in [0.1, 0.15) is 0 Å². The molecule has 0 radical (unpaired) electrons. The summed E-state index contributed by atoms with van der Waals surface area (Å²) in [6.45, 7) is 0. The van der Waals surface area contributed by atoms with E-state index in [1.165, 1.54) is 24.3 Å². The van der Waals surface area contributed by atoms with Crippen molar-refractivity contribution in [3.8, 4) is 0 Å². The van der Waals surface area contributed by atoms with Crippen molar-refractivity contribution in [2.75, 3.05) is 10.5 Å². The lowest BCUT2D eigenvalue weighted by Crippen LogP contribution is -2.15. The van der Waals surface area contributed by atoms with E-state index < -0.39 is 21.8 Å². The van der Waals surface area contributed by atoms with Crippen LogP contribution in [0.4, 0.5) is 24.5 Å². The Morgan fingerprint density at radius 3 is 2.14 bits per heavy atom. The Labute approximate surface area is 119 Å². The predicted octanol–water partition coefficient (Wildman–Crippen LogP) is 3.09. The highest BCUT2D eigenvalue weighted by Crippen LogP contribution is 2.33. The molecular weight excluding hydrogens is 305 g/mol. The van der Waals surface area contributed by atoms with Gasteiger partial charge in [0.05, 0.1) is 21.8 Å². The van der Waals surface area contributed by atoms with Crippen molar-refractivity contribution in [3.63, 3.8) is 0 Å². The topological polar surface area (TPSA) is 72.2 Å². The lowest BCUT2D eigenvalue weighted by atomic mass is 10.2. The van der Waals surface area contributed by atoms with Gasteiger partial charge in [-0.15, -0.1) is 0 Å². The Morgan fingerprint density at radius 2 is 1.62 bits per heavy atom. The van der Waals surface area contributed by atoms with Gasteiger partial charge in [-0.25, -0.2) is 8.42 Å². The van der Waals surface area contributed by atoms with E-state index in [1.807, 2.05) is 0 Å². The monoisotopic (exact) mass is 316 g/mol. The molecule has 4 nitrogen and oxygen atoms in total. The second-order valence-corrected chi connectivity index (χ2v) is 5.90. The van der Waals surface area contributed by atoms with Gasteiger partial charge in [0.15, 0.2) is 0 Å². The summed E-state index contributed by atoms with van der Waals surface area (Å²) in [5.41, 5.74) is 4.13. The van der Waals surface area contributed by atoms with E-state index in [4.69, 9.17) is 5.73 Å². The zero-order valence-corrected chi connectivity index (χ0v) is 11.4. The Hall–Kier alpha value is -2.22. The van der Waals surface area contributed by atoms with Gasteiger partial charge >= 0.3 is 6.18 Å². The molecule has 0 aliphatic rings. The first-order chi connectivity index (χ1) is 9.70. The van der Waals surface area contributed by atoms with Crippen molar-refractivity contribution in [3.05, 3.63) is 54.1 Å². The first-order valence-electron chi connectivity index (χ1n) is 5.75. The van der Waals surface area contributed by atoms with Gasteiger partial charge in [-0.2, -0.15) is 13.2 Å². The first kappa shape index (κ1) is 15.2. The molecule has 21 heavy (non-hydrogen) atoms. The molecule has 0 amide bonds. The zero-order valence-electron chi connectivity index (χ0n) is 10.6. The minimum atomic E-state index is -4.54. The molecule has 0 unspecified atom stereocenters. The summed E-state index contributed by atoms with van der Waals surface area (Å²) in [7, 11) is -3.90. The van der Waals surface area contributed by atoms with E-state index in [0.29, 0.717) is 6.07 Å². The first-order valence-corrected chi connectivity index (χ1v) is 7.23. The fraction of sp³-hybridized carbons (Fsp3) is 0.0769. The Balaban J connectivity index is 2.33. The van der Waals surface area contributed by atoms with Gasteiger partial charge in [0.25, 0.3) is 10.0 Å². The summed E-state index contributed by atoms with van der Waals surface area (Å²) in [6.07, 6.45) is -4.54. The van der Waals surface area contributed by atoms with Crippen LogP contribution in [-0.2, 0) is 16.2 Å². The Kier molecular flexibility index (Phi) is 3.82. The van der Waals surface area contributed by atoms with Crippen molar-refractivity contribution in [1.29, 1.82) is 0 Å². The van der Waals surface area contributed by atoms with E-state index in [2.05, 4.69) is 4.72 Å². The average molecular weight is 316 g/mol. The number of alkyl halides is 3. The molecule has 112 valence electrons. The summed E-state index contributed by atoms with van der Waals surface area (Å²) < 4.78 is 63.8. The summed E-state index contributed by atoms with van der Waals surface area (Å²) in [4.78, 5) is -0.00991. The van der Waals surface area contributed by atoms with E-state index >= 15 is 0 Å². The number of rotatable bonds is 3. The molecular formula is C13H11F3N2O2S. The van der Waals surface area contributed by atoms with Gasteiger partial charge in [-0.1, -0.05) is 18.2 Å². The van der Waals surface area contributed by atoms with E-state index in [9.17, 15) is 21.6 Å². The third kappa shape index (κ3) is 3.46. The van der Waals surface area contributed by atoms with Crippen LogP contribution >= 0.6 is 0 Å². The molecule has 0 fully saturated rings. The maximum Gasteiger partial charge on any atom is 0.416 e. The van der Waals surface area contributed by atoms with E-state index in [-0.39, 0.29) is 16.3 Å². The highest BCUT2D eigenvalue weighted by molar-refractivity contribution is 7.92. The van der Waals surface area contributed by atoms with E-state index in [0.717, 1.165) is 12.1 Å². The molecule has 0 aliphatic carbocycles. The molecule has 8 heteroatoms. The zero-order chi connectivity index (χ0) is 15.7. The fourth-order valence-electron chi connectivity index (χ4n) is 1.64. The highest BCUT2D eigenvalue weighted by atomic mass is 32.2. The molecule has 0 atom stereocenters. The molecule has 2 aromatic rings. The lowest BCUT2D eigenvalue weighted by molar-refractivity contribution is -0.137. The van der Waals surface area contributed by atoms with Crippen molar-refractivity contribution >= 4 is 21.4 Å². The average Bonchev–Trinajstić information content (AvgIpc) is 2.41. The number of hydrogen-bond donors (Lipinski definition) is 2. The highest BCUT2D eigenvalue weighted by Gasteiger charge is 2.31. The number of nitrogens with two attached hydrogens (primary N) is 1. The van der Waals surface area contributed by atoms with Gasteiger partial charge in [-0.3, -0.25) is 4.72 Å². The molecule has 0 spiro atoms. The predicted molar refractivity (Wildman–Crippen MR) is 73.1 cm³/mol. The van der Waals surface area contributed by atoms with Crippen molar-refractivity contribution in [2.45, 2.75) is 11.1 Å². The normalized spacial score (nSPS) is 12.1. The summed E-state index contributed by atoms with van der Waals surface area (Å²) >= 11 is 0. The second-order valence-electron chi connectivity index (χ2n) is 4.22. The number of anilines is 2. The van der Waals surface area contributed by atoms with Crippen LogP contribution in [0.3, 0.4) is 0 Å². The van der Waals surface area contributed by atoms with Crippen LogP contribution in [0.2, 0.25) is 0 Å². The summed E-state index contributed by atoms with van der Waals surface area (Å²) in [6, 6.07) is 9.87. The fourth-order valence-corrected chi connectivity index (χ4v) is 2.74. The number of nitrogens with one attached hydrogen (secondary N) is 1. The molecule has 2 rings (SSSR count). The van der Waals surface area contributed by atoms with Crippen LogP contribution in [-0.4, -0.2) is 8.42 Å². The second kappa shape index (κ2) is 5.28. The molecule has 2 aromatic carbocycles. The van der Waals surface area contributed by atoms with Crippen molar-refractivity contribution in [2.24, 2.45) is 0 Å². The number of nitrogen functional groups attached to an aromatic ring is 1. The molecule has 0 bridgehead atoms. The van der Waals surface area contributed by atoms with Crippen LogP contribution in [0.15, 0.2) is 53.4 Å². The van der Waals surface area contributed by atoms with Crippen LogP contribution in [0.25, 0.3) is 0 Å². The van der Waals surface area contributed by atoms with E-state index in [1.54, 1.807) is 6.07 Å². The standard InChI is InChI=1S/C13H11F3N2O2S/c14-13(15,16)9-6-7-12(11(17)8-9)18-21(19,20)10-4-2-1-3-5-10/h1-8,18H,17H2. The van der Waals surface area contributed by atoms with Crippen molar-refractivity contribution in [1.82, 2.24) is 0 Å². The number of hydrogen-bond acceptors (Lipinski definition) is 3. The molecule has 3 N–H and O–H groups in total. The van der Waals surface area contributed by atoms with Crippen molar-refractivity contribution < 1.29 is 21.6 Å². The third-order valence-corrected chi connectivity index (χ3v) is 4.06. The number of sulfonamides is 1. The van der Waals surface area contributed by atoms with Gasteiger partial charge in [0.2, 0.25) is 0 Å². The molecule has 0 aromatic heterocycles. The van der Waals surface area contributed by atoms with Gasteiger partial charge < -0.3 is 5.73 Å². The Morgan fingerprint density at radius 1 is 1.00 bits per heavy atom. The largest absolute Gasteiger partial charge is 0.416 e.